The Morgan fingerprint density at radius 3 is 2.38 bits per heavy atom. The molecule has 1 aromatic heterocycles. The van der Waals surface area contributed by atoms with Gasteiger partial charge in [-0.3, -0.25) is 23.9 Å². The molecule has 0 fully saturated rings. The molecule has 0 atom stereocenters. The maximum atomic E-state index is 12.3. The lowest BCUT2D eigenvalue weighted by atomic mass is 10.2. The number of H-pyrrole nitrogens is 1. The summed E-state index contributed by atoms with van der Waals surface area (Å²) in [6, 6.07) is 6.74. The first-order chi connectivity index (χ1) is 12.4. The molecule has 0 spiro atoms. The van der Waals surface area contributed by atoms with Gasteiger partial charge < -0.3 is 9.80 Å². The molecule has 8 nitrogen and oxygen atoms in total. The summed E-state index contributed by atoms with van der Waals surface area (Å²) in [4.78, 5) is 53.7. The summed E-state index contributed by atoms with van der Waals surface area (Å²) in [6.07, 6.45) is 0.0535. The summed E-state index contributed by atoms with van der Waals surface area (Å²) in [6.45, 7) is 5.08. The van der Waals surface area contributed by atoms with Crippen LogP contribution in [0, 0.1) is 0 Å². The van der Waals surface area contributed by atoms with Crippen molar-refractivity contribution in [2.45, 2.75) is 26.8 Å². The molecular formula is C18H24N4O4. The fourth-order valence-electron chi connectivity index (χ4n) is 2.83. The molecule has 8 heteroatoms. The van der Waals surface area contributed by atoms with E-state index in [9.17, 15) is 19.2 Å². The molecule has 2 aromatic rings. The first kappa shape index (κ1) is 19.4. The van der Waals surface area contributed by atoms with E-state index in [1.165, 1.54) is 9.47 Å². The number of carbonyl (C=O) groups excluding carboxylic acids is 2. The number of aromatic nitrogens is 2. The molecular weight excluding hydrogens is 336 g/mol. The number of amides is 2. The Kier molecular flexibility index (Phi) is 6.32. The van der Waals surface area contributed by atoms with Crippen LogP contribution in [0.25, 0.3) is 10.9 Å². The van der Waals surface area contributed by atoms with E-state index in [2.05, 4.69) is 4.98 Å². The molecule has 0 aliphatic heterocycles. The van der Waals surface area contributed by atoms with Crippen molar-refractivity contribution in [3.8, 4) is 0 Å². The molecule has 26 heavy (non-hydrogen) atoms. The zero-order chi connectivity index (χ0) is 19.3. The molecule has 0 bridgehead atoms. The molecule has 0 aliphatic carbocycles. The lowest BCUT2D eigenvalue weighted by Gasteiger charge is -2.23. The van der Waals surface area contributed by atoms with Crippen LogP contribution >= 0.6 is 0 Å². The number of rotatable bonds is 7. The highest BCUT2D eigenvalue weighted by molar-refractivity contribution is 5.84. The van der Waals surface area contributed by atoms with Gasteiger partial charge in [0.05, 0.1) is 17.4 Å². The number of fused-ring (bicyclic) bond motifs is 1. The van der Waals surface area contributed by atoms with Crippen molar-refractivity contribution in [3.63, 3.8) is 0 Å². The number of aryl methyl sites for hydroxylation is 1. The number of para-hydroxylation sites is 1. The average molecular weight is 360 g/mol. The van der Waals surface area contributed by atoms with Gasteiger partial charge in [0.15, 0.2) is 0 Å². The Bertz CT molecular complexity index is 911. The molecule has 0 aliphatic rings. The third-order valence-electron chi connectivity index (χ3n) is 4.37. The van der Waals surface area contributed by atoms with Crippen LogP contribution in [-0.2, 0) is 16.1 Å². The summed E-state index contributed by atoms with van der Waals surface area (Å²) in [7, 11) is 1.57. The highest BCUT2D eigenvalue weighted by atomic mass is 16.2. The van der Waals surface area contributed by atoms with Crippen LogP contribution in [0.3, 0.4) is 0 Å². The predicted molar refractivity (Wildman–Crippen MR) is 99.0 cm³/mol. The van der Waals surface area contributed by atoms with Crippen molar-refractivity contribution in [1.29, 1.82) is 0 Å². The van der Waals surface area contributed by atoms with Gasteiger partial charge in [-0.25, -0.2) is 4.79 Å². The Labute approximate surface area is 151 Å². The van der Waals surface area contributed by atoms with Crippen LogP contribution in [0.5, 0.6) is 0 Å². The van der Waals surface area contributed by atoms with Crippen LogP contribution in [0.2, 0.25) is 0 Å². The maximum absolute atomic E-state index is 12.3. The van der Waals surface area contributed by atoms with Crippen LogP contribution in [-0.4, -0.2) is 57.8 Å². The van der Waals surface area contributed by atoms with Crippen molar-refractivity contribution < 1.29 is 9.59 Å². The smallest absolute Gasteiger partial charge is 0.328 e. The number of benzene rings is 1. The van der Waals surface area contributed by atoms with Crippen molar-refractivity contribution in [2.24, 2.45) is 0 Å². The molecule has 1 aromatic carbocycles. The van der Waals surface area contributed by atoms with Crippen LogP contribution in [0.1, 0.15) is 20.3 Å². The SMILES string of the molecule is CCN(CC)C(=O)CN(C)C(=O)CCn1c(=O)[nH]c(=O)c2ccccc21. The van der Waals surface area contributed by atoms with Gasteiger partial charge in [-0.1, -0.05) is 12.1 Å². The molecule has 1 heterocycles. The van der Waals surface area contributed by atoms with Gasteiger partial charge in [0, 0.05) is 33.1 Å². The molecule has 1 N–H and O–H groups in total. The van der Waals surface area contributed by atoms with E-state index in [-0.39, 0.29) is 31.3 Å². The van der Waals surface area contributed by atoms with E-state index in [0.717, 1.165) is 0 Å². The number of carbonyl (C=O) groups is 2. The molecule has 0 radical (unpaired) electrons. The second-order valence-corrected chi connectivity index (χ2v) is 5.99. The number of nitrogens with zero attached hydrogens (tertiary/aromatic N) is 3. The standard InChI is InChI=1S/C18H24N4O4/c1-4-21(5-2)16(24)12-20(3)15(23)10-11-22-14-9-7-6-8-13(14)17(25)19-18(22)26/h6-9H,4-5,10-12H2,1-3H3,(H,19,25,26). The van der Waals surface area contributed by atoms with E-state index in [1.54, 1.807) is 36.2 Å². The lowest BCUT2D eigenvalue weighted by Crippen LogP contribution is -2.41. The highest BCUT2D eigenvalue weighted by Gasteiger charge is 2.17. The number of hydrogen-bond acceptors (Lipinski definition) is 4. The quantitative estimate of drug-likeness (QED) is 0.773. The Morgan fingerprint density at radius 1 is 1.08 bits per heavy atom. The summed E-state index contributed by atoms with van der Waals surface area (Å²) in [5, 5.41) is 0.393. The van der Waals surface area contributed by atoms with Gasteiger partial charge in [-0.05, 0) is 26.0 Å². The van der Waals surface area contributed by atoms with E-state index >= 15 is 0 Å². The third kappa shape index (κ3) is 4.19. The summed E-state index contributed by atoms with van der Waals surface area (Å²) >= 11 is 0. The summed E-state index contributed by atoms with van der Waals surface area (Å²) in [5.74, 6) is -0.356. The number of nitrogens with one attached hydrogen (secondary N) is 1. The molecule has 140 valence electrons. The average Bonchev–Trinajstić information content (AvgIpc) is 2.62. The van der Waals surface area contributed by atoms with Gasteiger partial charge in [-0.2, -0.15) is 0 Å². The summed E-state index contributed by atoms with van der Waals surface area (Å²) < 4.78 is 1.37. The first-order valence-electron chi connectivity index (χ1n) is 8.62. The largest absolute Gasteiger partial charge is 0.342 e. The van der Waals surface area contributed by atoms with E-state index in [1.807, 2.05) is 13.8 Å². The topological polar surface area (TPSA) is 95.5 Å². The highest BCUT2D eigenvalue weighted by Crippen LogP contribution is 2.07. The fraction of sp³-hybridized carbons (Fsp3) is 0.444. The molecule has 0 unspecified atom stereocenters. The summed E-state index contributed by atoms with van der Waals surface area (Å²) in [5.41, 5.74) is -0.519. The lowest BCUT2D eigenvalue weighted by molar-refractivity contribution is -0.139. The van der Waals surface area contributed by atoms with E-state index in [4.69, 9.17) is 0 Å². The normalized spacial score (nSPS) is 10.7. The second kappa shape index (κ2) is 8.46. The van der Waals surface area contributed by atoms with Gasteiger partial charge in [-0.15, -0.1) is 0 Å². The second-order valence-electron chi connectivity index (χ2n) is 5.99. The number of hydrogen-bond donors (Lipinski definition) is 1. The van der Waals surface area contributed by atoms with Crippen LogP contribution in [0.4, 0.5) is 0 Å². The molecule has 0 saturated heterocycles. The van der Waals surface area contributed by atoms with E-state index < -0.39 is 11.2 Å². The minimum atomic E-state index is -0.552. The Hall–Kier alpha value is -2.90. The van der Waals surface area contributed by atoms with Crippen molar-refractivity contribution in [3.05, 3.63) is 45.1 Å². The molecule has 2 amide bonds. The molecule has 2 rings (SSSR count). The van der Waals surface area contributed by atoms with Gasteiger partial charge >= 0.3 is 5.69 Å². The van der Waals surface area contributed by atoms with Crippen LogP contribution in [0.15, 0.2) is 33.9 Å². The van der Waals surface area contributed by atoms with Crippen molar-refractivity contribution in [1.82, 2.24) is 19.4 Å². The number of likely N-dealkylation sites (N-methyl/N-ethyl adjacent to an activating group) is 2. The fourth-order valence-corrected chi connectivity index (χ4v) is 2.83. The van der Waals surface area contributed by atoms with Crippen molar-refractivity contribution in [2.75, 3.05) is 26.7 Å². The Morgan fingerprint density at radius 2 is 1.73 bits per heavy atom. The zero-order valence-electron chi connectivity index (χ0n) is 15.3. The van der Waals surface area contributed by atoms with Crippen molar-refractivity contribution >= 4 is 22.7 Å². The molecule has 0 saturated carbocycles. The van der Waals surface area contributed by atoms with Gasteiger partial charge in [0.25, 0.3) is 5.56 Å². The van der Waals surface area contributed by atoms with E-state index in [0.29, 0.717) is 24.0 Å². The first-order valence-corrected chi connectivity index (χ1v) is 8.62. The zero-order valence-corrected chi connectivity index (χ0v) is 15.3. The maximum Gasteiger partial charge on any atom is 0.328 e. The third-order valence-corrected chi connectivity index (χ3v) is 4.37. The van der Waals surface area contributed by atoms with Gasteiger partial charge in [0.1, 0.15) is 0 Å². The number of aromatic amines is 1. The monoisotopic (exact) mass is 360 g/mol. The minimum absolute atomic E-state index is 0.00177. The minimum Gasteiger partial charge on any atom is -0.342 e. The Balaban J connectivity index is 2.10. The van der Waals surface area contributed by atoms with Gasteiger partial charge in [0.2, 0.25) is 11.8 Å². The predicted octanol–water partition coefficient (Wildman–Crippen LogP) is 0.407. The van der Waals surface area contributed by atoms with Crippen LogP contribution < -0.4 is 11.2 Å².